The average molecular weight is 434 g/mol. The summed E-state index contributed by atoms with van der Waals surface area (Å²) in [5.41, 5.74) is 2.46. The predicted molar refractivity (Wildman–Crippen MR) is 126 cm³/mol. The number of aromatic amines is 1. The SMILES string of the molecule is CCC1CC(Nc2nc(Nc3cc(C)[nH]n3)c3ncccc3n2)CC(CC)N1CCC#N. The zero-order chi connectivity index (χ0) is 22.5. The van der Waals surface area contributed by atoms with Crippen molar-refractivity contribution in [2.45, 2.75) is 71.0 Å². The summed E-state index contributed by atoms with van der Waals surface area (Å²) in [5, 5.41) is 23.1. The van der Waals surface area contributed by atoms with Crippen LogP contribution in [0.25, 0.3) is 11.0 Å². The van der Waals surface area contributed by atoms with Gasteiger partial charge < -0.3 is 10.6 Å². The van der Waals surface area contributed by atoms with Gasteiger partial charge >= 0.3 is 0 Å². The second kappa shape index (κ2) is 9.92. The molecule has 4 rings (SSSR count). The predicted octanol–water partition coefficient (Wildman–Crippen LogP) is 4.15. The van der Waals surface area contributed by atoms with E-state index in [0.717, 1.165) is 43.4 Å². The van der Waals surface area contributed by atoms with Gasteiger partial charge in [0.25, 0.3) is 0 Å². The Morgan fingerprint density at radius 2 is 2.00 bits per heavy atom. The van der Waals surface area contributed by atoms with Gasteiger partial charge in [0, 0.05) is 49.0 Å². The first-order chi connectivity index (χ1) is 15.6. The molecule has 1 fully saturated rings. The molecule has 4 heterocycles. The van der Waals surface area contributed by atoms with Crippen LogP contribution in [0, 0.1) is 18.3 Å². The summed E-state index contributed by atoms with van der Waals surface area (Å²) in [5.74, 6) is 1.93. The van der Waals surface area contributed by atoms with Gasteiger partial charge in [-0.15, -0.1) is 0 Å². The molecule has 0 spiro atoms. The van der Waals surface area contributed by atoms with Crippen LogP contribution in [0.15, 0.2) is 24.4 Å². The molecule has 0 aromatic carbocycles. The fourth-order valence-electron chi connectivity index (χ4n) is 4.69. The molecule has 1 saturated heterocycles. The Hall–Kier alpha value is -3.25. The van der Waals surface area contributed by atoms with Gasteiger partial charge in [-0.05, 0) is 44.7 Å². The van der Waals surface area contributed by atoms with E-state index in [1.807, 2.05) is 25.1 Å². The zero-order valence-corrected chi connectivity index (χ0v) is 19.0. The van der Waals surface area contributed by atoms with Crippen LogP contribution in [0.3, 0.4) is 0 Å². The van der Waals surface area contributed by atoms with Gasteiger partial charge in [-0.2, -0.15) is 15.3 Å². The number of H-pyrrole nitrogens is 1. The highest BCUT2D eigenvalue weighted by Crippen LogP contribution is 2.30. The summed E-state index contributed by atoms with van der Waals surface area (Å²) in [7, 11) is 0. The van der Waals surface area contributed by atoms with E-state index in [9.17, 15) is 0 Å². The normalized spacial score (nSPS) is 21.4. The molecule has 1 aliphatic rings. The minimum atomic E-state index is 0.276. The second-order valence-electron chi connectivity index (χ2n) is 8.41. The number of hydrogen-bond acceptors (Lipinski definition) is 8. The van der Waals surface area contributed by atoms with Crippen LogP contribution in [0.2, 0.25) is 0 Å². The van der Waals surface area contributed by atoms with E-state index in [1.165, 1.54) is 0 Å². The van der Waals surface area contributed by atoms with E-state index < -0.39 is 0 Å². The first kappa shape index (κ1) is 22.0. The number of piperidine rings is 1. The number of anilines is 3. The van der Waals surface area contributed by atoms with Crippen molar-refractivity contribution in [3.8, 4) is 6.07 Å². The summed E-state index contributed by atoms with van der Waals surface area (Å²) in [4.78, 5) is 16.5. The fourth-order valence-corrected chi connectivity index (χ4v) is 4.69. The van der Waals surface area contributed by atoms with Crippen molar-refractivity contribution in [1.29, 1.82) is 5.26 Å². The number of nitrogens with zero attached hydrogens (tertiary/aromatic N) is 6. The fraction of sp³-hybridized carbons (Fsp3) is 0.522. The molecule has 168 valence electrons. The largest absolute Gasteiger partial charge is 0.351 e. The minimum absolute atomic E-state index is 0.276. The Balaban J connectivity index is 1.58. The van der Waals surface area contributed by atoms with Crippen molar-refractivity contribution in [2.24, 2.45) is 0 Å². The van der Waals surface area contributed by atoms with Gasteiger partial charge in [0.2, 0.25) is 5.95 Å². The van der Waals surface area contributed by atoms with Crippen molar-refractivity contribution >= 4 is 28.6 Å². The lowest BCUT2D eigenvalue weighted by molar-refractivity contribution is 0.0734. The van der Waals surface area contributed by atoms with Crippen molar-refractivity contribution in [3.63, 3.8) is 0 Å². The highest BCUT2D eigenvalue weighted by atomic mass is 15.2. The third kappa shape index (κ3) is 4.81. The highest BCUT2D eigenvalue weighted by Gasteiger charge is 2.33. The third-order valence-electron chi connectivity index (χ3n) is 6.22. The number of nitriles is 1. The highest BCUT2D eigenvalue weighted by molar-refractivity contribution is 5.87. The maximum Gasteiger partial charge on any atom is 0.225 e. The quantitative estimate of drug-likeness (QED) is 0.485. The van der Waals surface area contributed by atoms with Gasteiger partial charge in [0.15, 0.2) is 11.6 Å². The van der Waals surface area contributed by atoms with Crippen LogP contribution in [0.4, 0.5) is 17.6 Å². The van der Waals surface area contributed by atoms with Crippen molar-refractivity contribution in [3.05, 3.63) is 30.1 Å². The van der Waals surface area contributed by atoms with Crippen LogP contribution >= 0.6 is 0 Å². The molecule has 9 nitrogen and oxygen atoms in total. The molecule has 3 aromatic heterocycles. The minimum Gasteiger partial charge on any atom is -0.351 e. The van der Waals surface area contributed by atoms with Gasteiger partial charge in [0.05, 0.1) is 11.6 Å². The third-order valence-corrected chi connectivity index (χ3v) is 6.22. The van der Waals surface area contributed by atoms with Crippen LogP contribution in [-0.4, -0.2) is 54.7 Å². The molecule has 0 saturated carbocycles. The molecule has 32 heavy (non-hydrogen) atoms. The van der Waals surface area contributed by atoms with E-state index in [2.05, 4.69) is 50.6 Å². The molecule has 0 amide bonds. The zero-order valence-electron chi connectivity index (χ0n) is 19.0. The van der Waals surface area contributed by atoms with Crippen molar-refractivity contribution in [1.82, 2.24) is 30.0 Å². The maximum atomic E-state index is 9.06. The molecule has 3 N–H and O–H groups in total. The summed E-state index contributed by atoms with van der Waals surface area (Å²) < 4.78 is 0. The lowest BCUT2D eigenvalue weighted by atomic mass is 9.88. The lowest BCUT2D eigenvalue weighted by Gasteiger charge is -2.45. The molecular weight excluding hydrogens is 402 g/mol. The molecular formula is C23H31N9. The summed E-state index contributed by atoms with van der Waals surface area (Å²) in [6.07, 6.45) is 6.46. The van der Waals surface area contributed by atoms with Gasteiger partial charge in [-0.3, -0.25) is 15.0 Å². The van der Waals surface area contributed by atoms with Gasteiger partial charge in [0.1, 0.15) is 5.52 Å². The number of aryl methyl sites for hydroxylation is 1. The summed E-state index contributed by atoms with van der Waals surface area (Å²) >= 11 is 0. The number of nitrogens with one attached hydrogen (secondary N) is 3. The number of pyridine rings is 1. The first-order valence-corrected chi connectivity index (χ1v) is 11.4. The molecule has 2 atom stereocenters. The summed E-state index contributed by atoms with van der Waals surface area (Å²) in [6, 6.07) is 9.24. The Kier molecular flexibility index (Phi) is 6.81. The van der Waals surface area contributed by atoms with Crippen LogP contribution in [0.5, 0.6) is 0 Å². The van der Waals surface area contributed by atoms with Crippen molar-refractivity contribution in [2.75, 3.05) is 17.2 Å². The van der Waals surface area contributed by atoms with E-state index in [1.54, 1.807) is 6.20 Å². The molecule has 0 bridgehead atoms. The van der Waals surface area contributed by atoms with E-state index in [0.29, 0.717) is 41.6 Å². The van der Waals surface area contributed by atoms with Crippen LogP contribution < -0.4 is 10.6 Å². The Morgan fingerprint density at radius 3 is 2.66 bits per heavy atom. The van der Waals surface area contributed by atoms with Crippen molar-refractivity contribution < 1.29 is 0 Å². The first-order valence-electron chi connectivity index (χ1n) is 11.4. The smallest absolute Gasteiger partial charge is 0.225 e. The van der Waals surface area contributed by atoms with Crippen LogP contribution in [-0.2, 0) is 0 Å². The van der Waals surface area contributed by atoms with Gasteiger partial charge in [-0.1, -0.05) is 13.8 Å². The maximum absolute atomic E-state index is 9.06. The molecule has 0 aliphatic carbocycles. The topological polar surface area (TPSA) is 118 Å². The molecule has 9 heteroatoms. The molecule has 2 unspecified atom stereocenters. The summed E-state index contributed by atoms with van der Waals surface area (Å²) in [6.45, 7) is 7.25. The molecule has 3 aromatic rings. The second-order valence-corrected chi connectivity index (χ2v) is 8.41. The molecule has 1 aliphatic heterocycles. The van der Waals surface area contributed by atoms with E-state index in [4.69, 9.17) is 15.2 Å². The Labute approximate surface area is 188 Å². The average Bonchev–Trinajstić information content (AvgIpc) is 3.22. The Morgan fingerprint density at radius 1 is 1.22 bits per heavy atom. The number of rotatable bonds is 8. The Bertz CT molecular complexity index is 1070. The van der Waals surface area contributed by atoms with Crippen LogP contribution in [0.1, 0.15) is 51.6 Å². The van der Waals surface area contributed by atoms with E-state index >= 15 is 0 Å². The number of fused-ring (bicyclic) bond motifs is 1. The standard InChI is InChI=1S/C23H31N9/c1-4-17-13-16(14-18(5-2)32(17)11-7-9-24)26-23-27-19-8-6-10-25-21(19)22(29-23)28-20-12-15(3)30-31-20/h6,8,10,12,16-18H,4-5,7,11,13-14H2,1-3H3,(H3,26,27,28,29,30,31). The monoisotopic (exact) mass is 433 g/mol. The van der Waals surface area contributed by atoms with Gasteiger partial charge in [-0.25, -0.2) is 4.98 Å². The number of aromatic nitrogens is 5. The number of likely N-dealkylation sites (tertiary alicyclic amines) is 1. The number of hydrogen-bond donors (Lipinski definition) is 3. The van der Waals surface area contributed by atoms with E-state index in [-0.39, 0.29) is 6.04 Å². The lowest BCUT2D eigenvalue weighted by Crippen LogP contribution is -2.52. The molecule has 0 radical (unpaired) electrons.